The molecule has 156 valence electrons. The van der Waals surface area contributed by atoms with Gasteiger partial charge in [0.25, 0.3) is 5.91 Å². The zero-order valence-electron chi connectivity index (χ0n) is 16.5. The normalized spacial score (nSPS) is 19.6. The molecule has 8 heteroatoms. The molecule has 0 bridgehead atoms. The third kappa shape index (κ3) is 3.31. The van der Waals surface area contributed by atoms with Crippen LogP contribution < -0.4 is 0 Å². The van der Waals surface area contributed by atoms with E-state index in [0.29, 0.717) is 19.4 Å². The van der Waals surface area contributed by atoms with E-state index in [2.05, 4.69) is 0 Å². The van der Waals surface area contributed by atoms with E-state index in [1.54, 1.807) is 19.1 Å². The Hall–Kier alpha value is -3.00. The molecule has 0 spiro atoms. The molecular weight excluding hydrogens is 406 g/mol. The summed E-state index contributed by atoms with van der Waals surface area (Å²) >= 11 is 0. The second kappa shape index (κ2) is 7.68. The van der Waals surface area contributed by atoms with Crippen LogP contribution in [0, 0.1) is 5.92 Å². The first-order valence-electron chi connectivity index (χ1n) is 9.83. The van der Waals surface area contributed by atoms with Crippen LogP contribution in [0.5, 0.6) is 0 Å². The minimum Gasteiger partial charge on any atom is -0.466 e. The highest BCUT2D eigenvalue weighted by Gasteiger charge is 2.36. The first-order valence-corrected chi connectivity index (χ1v) is 11.3. The minimum atomic E-state index is -3.92. The zero-order valence-corrected chi connectivity index (χ0v) is 17.3. The van der Waals surface area contributed by atoms with Crippen molar-refractivity contribution in [3.63, 3.8) is 0 Å². The number of carbonyl (C=O) groups is 3. The number of esters is 1. The lowest BCUT2D eigenvalue weighted by molar-refractivity contribution is -0.149. The molecule has 2 heterocycles. The maximum Gasteiger partial charge on any atom is 0.310 e. The molecule has 0 N–H and O–H groups in total. The van der Waals surface area contributed by atoms with Gasteiger partial charge < -0.3 is 9.64 Å². The molecular formula is C22H21NO6S. The molecule has 0 radical (unpaired) electrons. The van der Waals surface area contributed by atoms with Crippen LogP contribution in [-0.4, -0.2) is 50.7 Å². The number of likely N-dealkylation sites (tertiary alicyclic amines) is 1. The van der Waals surface area contributed by atoms with Crippen LogP contribution in [0.1, 0.15) is 46.0 Å². The lowest BCUT2D eigenvalue weighted by atomic mass is 9.97. The van der Waals surface area contributed by atoms with Crippen LogP contribution in [0.15, 0.2) is 52.3 Å². The Morgan fingerprint density at radius 1 is 1.10 bits per heavy atom. The van der Waals surface area contributed by atoms with Gasteiger partial charge in [0.15, 0.2) is 5.78 Å². The molecule has 2 aliphatic heterocycles. The largest absolute Gasteiger partial charge is 0.466 e. The molecule has 4 rings (SSSR count). The molecule has 2 aliphatic rings. The first kappa shape index (κ1) is 20.3. The second-order valence-electron chi connectivity index (χ2n) is 7.38. The van der Waals surface area contributed by atoms with Gasteiger partial charge in [-0.25, -0.2) is 8.42 Å². The first-order chi connectivity index (χ1) is 14.3. The van der Waals surface area contributed by atoms with Crippen molar-refractivity contribution in [3.05, 3.63) is 59.2 Å². The van der Waals surface area contributed by atoms with Crippen LogP contribution in [0.25, 0.3) is 0 Å². The third-order valence-corrected chi connectivity index (χ3v) is 7.36. The molecule has 0 aliphatic carbocycles. The van der Waals surface area contributed by atoms with Crippen molar-refractivity contribution in [1.82, 2.24) is 4.90 Å². The number of carbonyl (C=O) groups excluding carboxylic acids is 3. The maximum atomic E-state index is 13.1. The van der Waals surface area contributed by atoms with Gasteiger partial charge in [-0.05, 0) is 50.1 Å². The lowest BCUT2D eigenvalue weighted by Crippen LogP contribution is -2.42. The van der Waals surface area contributed by atoms with Crippen LogP contribution in [0.2, 0.25) is 0 Å². The summed E-state index contributed by atoms with van der Waals surface area (Å²) < 4.78 is 31.2. The molecule has 2 aromatic rings. The fraction of sp³-hybridized carbons (Fsp3) is 0.318. The number of benzene rings is 2. The minimum absolute atomic E-state index is 0.0487. The van der Waals surface area contributed by atoms with Gasteiger partial charge in [-0.15, -0.1) is 0 Å². The van der Waals surface area contributed by atoms with Gasteiger partial charge in [-0.2, -0.15) is 0 Å². The van der Waals surface area contributed by atoms with E-state index in [0.717, 1.165) is 0 Å². The number of piperidine rings is 1. The van der Waals surface area contributed by atoms with Gasteiger partial charge in [0.2, 0.25) is 9.84 Å². The summed E-state index contributed by atoms with van der Waals surface area (Å²) in [5.41, 5.74) is 0.375. The molecule has 1 saturated heterocycles. The van der Waals surface area contributed by atoms with Crippen LogP contribution in [0.3, 0.4) is 0 Å². The Labute approximate surface area is 174 Å². The number of sulfone groups is 1. The van der Waals surface area contributed by atoms with Crippen molar-refractivity contribution in [2.24, 2.45) is 5.92 Å². The van der Waals surface area contributed by atoms with Crippen molar-refractivity contribution in [3.8, 4) is 0 Å². The standard InChI is InChI=1S/C22H21NO6S/c1-2-29-22(26)15-6-5-11-23(13-15)21(25)14-9-10-17-19(12-14)30(27,28)18-8-4-3-7-16(18)20(17)24/h3-4,7-10,12,15H,2,5-6,11,13H2,1H3. The predicted octanol–water partition coefficient (Wildman–Crippen LogP) is 2.48. The maximum absolute atomic E-state index is 13.1. The lowest BCUT2D eigenvalue weighted by Gasteiger charge is -2.31. The average Bonchev–Trinajstić information content (AvgIpc) is 2.77. The van der Waals surface area contributed by atoms with E-state index in [9.17, 15) is 22.8 Å². The average molecular weight is 427 g/mol. The van der Waals surface area contributed by atoms with Gasteiger partial charge in [-0.3, -0.25) is 14.4 Å². The highest BCUT2D eigenvalue weighted by molar-refractivity contribution is 7.91. The van der Waals surface area contributed by atoms with Crippen LogP contribution in [-0.2, 0) is 19.4 Å². The monoisotopic (exact) mass is 427 g/mol. The van der Waals surface area contributed by atoms with Crippen molar-refractivity contribution < 1.29 is 27.5 Å². The summed E-state index contributed by atoms with van der Waals surface area (Å²) in [7, 11) is -3.92. The van der Waals surface area contributed by atoms with Crippen molar-refractivity contribution in [2.75, 3.05) is 19.7 Å². The number of hydrogen-bond donors (Lipinski definition) is 0. The third-order valence-electron chi connectivity index (χ3n) is 5.51. The van der Waals surface area contributed by atoms with Gasteiger partial charge in [0, 0.05) is 29.8 Å². The number of rotatable bonds is 3. The number of ketones is 1. The Bertz CT molecular complexity index is 1150. The highest BCUT2D eigenvalue weighted by atomic mass is 32.2. The number of ether oxygens (including phenoxy) is 1. The molecule has 30 heavy (non-hydrogen) atoms. The predicted molar refractivity (Wildman–Crippen MR) is 107 cm³/mol. The van der Waals surface area contributed by atoms with Gasteiger partial charge >= 0.3 is 5.97 Å². The van der Waals surface area contributed by atoms with E-state index in [4.69, 9.17) is 4.74 Å². The zero-order chi connectivity index (χ0) is 21.5. The Kier molecular flexibility index (Phi) is 5.19. The summed E-state index contributed by atoms with van der Waals surface area (Å²) in [6, 6.07) is 10.2. The number of fused-ring (bicyclic) bond motifs is 2. The topological polar surface area (TPSA) is 97.8 Å². The van der Waals surface area contributed by atoms with Crippen LogP contribution >= 0.6 is 0 Å². The van der Waals surface area contributed by atoms with E-state index in [1.807, 2.05) is 0 Å². The summed E-state index contributed by atoms with van der Waals surface area (Å²) in [5.74, 6) is -1.47. The van der Waals surface area contributed by atoms with Gasteiger partial charge in [0.1, 0.15) is 0 Å². The summed E-state index contributed by atoms with van der Waals surface area (Å²) in [5, 5.41) is 0. The smallest absolute Gasteiger partial charge is 0.310 e. The molecule has 1 unspecified atom stereocenters. The highest BCUT2D eigenvalue weighted by Crippen LogP contribution is 2.35. The quantitative estimate of drug-likeness (QED) is 0.596. The van der Waals surface area contributed by atoms with Crippen molar-refractivity contribution in [1.29, 1.82) is 0 Å². The number of amides is 1. The fourth-order valence-electron chi connectivity index (χ4n) is 4.01. The van der Waals surface area contributed by atoms with Gasteiger partial charge in [0.05, 0.1) is 22.3 Å². The van der Waals surface area contributed by atoms with E-state index >= 15 is 0 Å². The SMILES string of the molecule is CCOC(=O)C1CCCN(C(=O)c2ccc3c(c2)S(=O)(=O)c2ccccc2C3=O)C1. The van der Waals surface area contributed by atoms with E-state index in [-0.39, 0.29) is 57.3 Å². The summed E-state index contributed by atoms with van der Waals surface area (Å²) in [4.78, 5) is 39.2. The second-order valence-corrected chi connectivity index (χ2v) is 9.27. The van der Waals surface area contributed by atoms with Crippen LogP contribution in [0.4, 0.5) is 0 Å². The van der Waals surface area contributed by atoms with Gasteiger partial charge in [-0.1, -0.05) is 12.1 Å². The molecule has 0 saturated carbocycles. The summed E-state index contributed by atoms with van der Waals surface area (Å²) in [6.45, 7) is 2.71. The van der Waals surface area contributed by atoms with E-state index in [1.165, 1.54) is 35.2 Å². The number of nitrogens with zero attached hydrogens (tertiary/aromatic N) is 1. The molecule has 1 amide bonds. The van der Waals surface area contributed by atoms with E-state index < -0.39 is 15.8 Å². The Morgan fingerprint density at radius 2 is 1.83 bits per heavy atom. The molecule has 1 atom stereocenters. The Balaban J connectivity index is 1.66. The summed E-state index contributed by atoms with van der Waals surface area (Å²) in [6.07, 6.45) is 1.30. The molecule has 0 aromatic heterocycles. The van der Waals surface area contributed by atoms with Crippen molar-refractivity contribution in [2.45, 2.75) is 29.6 Å². The molecule has 2 aromatic carbocycles. The molecule has 7 nitrogen and oxygen atoms in total. The van der Waals surface area contributed by atoms with Crippen molar-refractivity contribution >= 4 is 27.5 Å². The number of hydrogen-bond acceptors (Lipinski definition) is 6. The fourth-order valence-corrected chi connectivity index (χ4v) is 5.69. The Morgan fingerprint density at radius 3 is 2.60 bits per heavy atom. The molecule has 1 fully saturated rings.